The van der Waals surface area contributed by atoms with Crippen LogP contribution in [0.4, 0.5) is 10.5 Å². The van der Waals surface area contributed by atoms with E-state index in [0.29, 0.717) is 6.42 Å². The van der Waals surface area contributed by atoms with Gasteiger partial charge in [-0.05, 0) is 42.2 Å². The van der Waals surface area contributed by atoms with Crippen LogP contribution in [0.15, 0.2) is 72.1 Å². The van der Waals surface area contributed by atoms with E-state index >= 15 is 0 Å². The van der Waals surface area contributed by atoms with Crippen LogP contribution in [0.2, 0.25) is 0 Å². The summed E-state index contributed by atoms with van der Waals surface area (Å²) >= 11 is 0. The van der Waals surface area contributed by atoms with Crippen LogP contribution in [0.25, 0.3) is 0 Å². The molecular formula is C23H27N3O5S. The van der Waals surface area contributed by atoms with E-state index in [2.05, 4.69) is 11.9 Å². The van der Waals surface area contributed by atoms with Crippen LogP contribution in [0.3, 0.4) is 0 Å². The van der Waals surface area contributed by atoms with Crippen molar-refractivity contribution >= 4 is 27.7 Å². The molecule has 9 heteroatoms. The summed E-state index contributed by atoms with van der Waals surface area (Å²) in [7, 11) is -3.83. The van der Waals surface area contributed by atoms with Gasteiger partial charge in [-0.1, -0.05) is 49.9 Å². The third-order valence-electron chi connectivity index (χ3n) is 5.56. The van der Waals surface area contributed by atoms with E-state index in [4.69, 9.17) is 0 Å². The zero-order valence-corrected chi connectivity index (χ0v) is 18.7. The number of amides is 2. The molecule has 0 saturated carbocycles. The van der Waals surface area contributed by atoms with E-state index in [1.807, 2.05) is 37.3 Å². The van der Waals surface area contributed by atoms with Gasteiger partial charge < -0.3 is 10.4 Å². The van der Waals surface area contributed by atoms with Crippen molar-refractivity contribution in [2.24, 2.45) is 5.92 Å². The number of nitrogens with one attached hydrogen (secondary N) is 1. The van der Waals surface area contributed by atoms with Crippen LogP contribution in [0.1, 0.15) is 18.9 Å². The highest BCUT2D eigenvalue weighted by molar-refractivity contribution is 7.89. The first kappa shape index (κ1) is 23.5. The third-order valence-corrected chi connectivity index (χ3v) is 7.42. The van der Waals surface area contributed by atoms with Crippen molar-refractivity contribution in [3.8, 4) is 0 Å². The van der Waals surface area contributed by atoms with Crippen molar-refractivity contribution in [3.05, 3.63) is 72.8 Å². The number of piperidine rings is 1. The van der Waals surface area contributed by atoms with Gasteiger partial charge in [0, 0.05) is 24.8 Å². The lowest BCUT2D eigenvalue weighted by Crippen LogP contribution is -2.51. The lowest BCUT2D eigenvalue weighted by Gasteiger charge is -2.36. The fourth-order valence-electron chi connectivity index (χ4n) is 3.78. The Labute approximate surface area is 188 Å². The van der Waals surface area contributed by atoms with Gasteiger partial charge in [0.1, 0.15) is 0 Å². The molecule has 170 valence electrons. The number of anilines is 1. The molecule has 8 nitrogen and oxygen atoms in total. The summed E-state index contributed by atoms with van der Waals surface area (Å²) in [5, 5.41) is 12.6. The molecule has 1 heterocycles. The zero-order valence-electron chi connectivity index (χ0n) is 17.8. The summed E-state index contributed by atoms with van der Waals surface area (Å²) in [5.74, 6) is -0.364. The Balaban J connectivity index is 1.80. The molecule has 0 bridgehead atoms. The first-order valence-corrected chi connectivity index (χ1v) is 11.7. The summed E-state index contributed by atoms with van der Waals surface area (Å²) in [4.78, 5) is 24.6. The standard InChI is InChI=1S/C23H27N3O5S/c1-3-22(27)24-21-12-13-25(15-17(21)2)32(30,31)20-11-7-10-19(14-20)26(23(28)29)16-18-8-5-4-6-9-18/h3-11,14,17,21H,1,12-13,15-16H2,2H3,(H,24,27)(H,28,29). The number of hydrogen-bond acceptors (Lipinski definition) is 4. The number of carbonyl (C=O) groups excluding carboxylic acids is 1. The van der Waals surface area contributed by atoms with E-state index < -0.39 is 16.1 Å². The van der Waals surface area contributed by atoms with Gasteiger partial charge in [0.15, 0.2) is 0 Å². The van der Waals surface area contributed by atoms with E-state index in [9.17, 15) is 23.1 Å². The molecule has 1 aliphatic rings. The molecule has 32 heavy (non-hydrogen) atoms. The minimum Gasteiger partial charge on any atom is -0.465 e. The van der Waals surface area contributed by atoms with E-state index in [-0.39, 0.29) is 48.1 Å². The maximum atomic E-state index is 13.3. The van der Waals surface area contributed by atoms with Gasteiger partial charge in [0.05, 0.1) is 11.4 Å². The second-order valence-electron chi connectivity index (χ2n) is 7.80. The molecule has 0 aliphatic carbocycles. The second-order valence-corrected chi connectivity index (χ2v) is 9.74. The Morgan fingerprint density at radius 1 is 1.22 bits per heavy atom. The SMILES string of the molecule is C=CC(=O)NC1CCN(S(=O)(=O)c2cccc(N(Cc3ccccc3)C(=O)O)c2)CC1C. The zero-order chi connectivity index (χ0) is 23.3. The van der Waals surface area contributed by atoms with Crippen molar-refractivity contribution in [2.45, 2.75) is 30.8 Å². The average molecular weight is 458 g/mol. The maximum Gasteiger partial charge on any atom is 0.412 e. The lowest BCUT2D eigenvalue weighted by molar-refractivity contribution is -0.117. The smallest absolute Gasteiger partial charge is 0.412 e. The van der Waals surface area contributed by atoms with Gasteiger partial charge in [-0.25, -0.2) is 13.2 Å². The number of carbonyl (C=O) groups is 2. The molecule has 0 aromatic heterocycles. The minimum absolute atomic E-state index is 0.0371. The molecule has 1 fully saturated rings. The normalized spacial score (nSPS) is 19.2. The first-order chi connectivity index (χ1) is 15.2. The fraction of sp³-hybridized carbons (Fsp3) is 0.304. The molecule has 3 rings (SSSR count). The number of benzene rings is 2. The topological polar surface area (TPSA) is 107 Å². The van der Waals surface area contributed by atoms with Crippen LogP contribution < -0.4 is 10.2 Å². The van der Waals surface area contributed by atoms with E-state index in [1.165, 1.54) is 22.5 Å². The van der Waals surface area contributed by atoms with Gasteiger partial charge in [-0.3, -0.25) is 9.69 Å². The largest absolute Gasteiger partial charge is 0.465 e. The molecule has 1 saturated heterocycles. The van der Waals surface area contributed by atoms with E-state index in [0.717, 1.165) is 10.5 Å². The van der Waals surface area contributed by atoms with Gasteiger partial charge in [-0.15, -0.1) is 0 Å². The van der Waals surface area contributed by atoms with Crippen LogP contribution in [0.5, 0.6) is 0 Å². The monoisotopic (exact) mass is 457 g/mol. The molecule has 0 spiro atoms. The van der Waals surface area contributed by atoms with Crippen LogP contribution in [-0.4, -0.2) is 49.0 Å². The van der Waals surface area contributed by atoms with Crippen LogP contribution in [-0.2, 0) is 21.4 Å². The third kappa shape index (κ3) is 5.35. The average Bonchev–Trinajstić information content (AvgIpc) is 2.79. The molecule has 1 aliphatic heterocycles. The van der Waals surface area contributed by atoms with Crippen molar-refractivity contribution in [1.29, 1.82) is 0 Å². The van der Waals surface area contributed by atoms with Crippen molar-refractivity contribution in [2.75, 3.05) is 18.0 Å². The van der Waals surface area contributed by atoms with Gasteiger partial charge in [-0.2, -0.15) is 4.31 Å². The van der Waals surface area contributed by atoms with Crippen molar-refractivity contribution < 1.29 is 23.1 Å². The van der Waals surface area contributed by atoms with E-state index in [1.54, 1.807) is 12.1 Å². The summed E-state index contributed by atoms with van der Waals surface area (Å²) < 4.78 is 27.9. The van der Waals surface area contributed by atoms with Crippen molar-refractivity contribution in [1.82, 2.24) is 9.62 Å². The van der Waals surface area contributed by atoms with Gasteiger partial charge in [0.2, 0.25) is 15.9 Å². The van der Waals surface area contributed by atoms with Crippen LogP contribution in [0, 0.1) is 5.92 Å². The first-order valence-electron chi connectivity index (χ1n) is 10.3. The Kier molecular flexibility index (Phi) is 7.32. The molecular weight excluding hydrogens is 430 g/mol. The Morgan fingerprint density at radius 3 is 2.56 bits per heavy atom. The summed E-state index contributed by atoms with van der Waals surface area (Å²) in [5.41, 5.74) is 1.07. The number of sulfonamides is 1. The van der Waals surface area contributed by atoms with Crippen LogP contribution >= 0.6 is 0 Å². The predicted molar refractivity (Wildman–Crippen MR) is 122 cm³/mol. The molecule has 2 atom stereocenters. The molecule has 2 unspecified atom stereocenters. The number of carboxylic acid groups (broad SMARTS) is 1. The minimum atomic E-state index is -3.83. The Hall–Kier alpha value is -3.17. The lowest BCUT2D eigenvalue weighted by atomic mass is 9.95. The maximum absolute atomic E-state index is 13.3. The quantitative estimate of drug-likeness (QED) is 0.622. The molecule has 2 amide bonds. The molecule has 2 aromatic rings. The summed E-state index contributed by atoms with van der Waals surface area (Å²) in [6, 6.07) is 15.0. The molecule has 2 aromatic carbocycles. The molecule has 2 N–H and O–H groups in total. The summed E-state index contributed by atoms with van der Waals surface area (Å²) in [6.45, 7) is 5.94. The molecule has 0 radical (unpaired) electrons. The summed E-state index contributed by atoms with van der Waals surface area (Å²) in [6.07, 6.45) is 0.510. The Bertz CT molecular complexity index is 1090. The highest BCUT2D eigenvalue weighted by Crippen LogP contribution is 2.27. The number of nitrogens with zero attached hydrogens (tertiary/aromatic N) is 2. The fourth-order valence-corrected chi connectivity index (χ4v) is 5.37. The number of hydrogen-bond donors (Lipinski definition) is 2. The highest BCUT2D eigenvalue weighted by Gasteiger charge is 2.34. The second kappa shape index (κ2) is 9.97. The number of rotatable bonds is 7. The Morgan fingerprint density at radius 2 is 1.94 bits per heavy atom. The van der Waals surface area contributed by atoms with Gasteiger partial charge >= 0.3 is 6.09 Å². The van der Waals surface area contributed by atoms with Gasteiger partial charge in [0.25, 0.3) is 0 Å². The predicted octanol–water partition coefficient (Wildman–Crippen LogP) is 3.07. The van der Waals surface area contributed by atoms with Crippen molar-refractivity contribution in [3.63, 3.8) is 0 Å². The highest BCUT2D eigenvalue weighted by atomic mass is 32.2.